The Morgan fingerprint density at radius 2 is 1.96 bits per heavy atom. The second kappa shape index (κ2) is 7.98. The molecule has 0 aliphatic heterocycles. The molecule has 1 amide bonds. The van der Waals surface area contributed by atoms with E-state index >= 15 is 0 Å². The van der Waals surface area contributed by atoms with Crippen LogP contribution in [0.25, 0.3) is 0 Å². The van der Waals surface area contributed by atoms with Crippen LogP contribution >= 0.6 is 11.8 Å². The third-order valence-electron chi connectivity index (χ3n) is 3.58. The van der Waals surface area contributed by atoms with E-state index in [0.717, 1.165) is 16.3 Å². The van der Waals surface area contributed by atoms with Crippen molar-refractivity contribution in [1.82, 2.24) is 10.5 Å². The number of carbonyl (C=O) groups excluding carboxylic acids is 1. The average molecular weight is 356 g/mol. The highest BCUT2D eigenvalue weighted by Gasteiger charge is 2.13. The molecule has 0 bridgehead atoms. The topological polar surface area (TPSA) is 55.1 Å². The minimum atomic E-state index is -0.328. The van der Waals surface area contributed by atoms with Crippen LogP contribution < -0.4 is 5.32 Å². The van der Waals surface area contributed by atoms with Gasteiger partial charge in [-0.25, -0.2) is 4.39 Å². The highest BCUT2D eigenvalue weighted by molar-refractivity contribution is 7.98. The molecular formula is C19H17FN2O2S. The Morgan fingerprint density at radius 1 is 1.20 bits per heavy atom. The van der Waals surface area contributed by atoms with Crippen molar-refractivity contribution in [3.63, 3.8) is 0 Å². The lowest BCUT2D eigenvalue weighted by Crippen LogP contribution is -2.23. The average Bonchev–Trinajstić information content (AvgIpc) is 3.04. The summed E-state index contributed by atoms with van der Waals surface area (Å²) in [5.41, 5.74) is 1.84. The summed E-state index contributed by atoms with van der Waals surface area (Å²) in [5.74, 6) is 0.772. The van der Waals surface area contributed by atoms with Gasteiger partial charge in [-0.3, -0.25) is 4.79 Å². The maximum Gasteiger partial charge on any atom is 0.252 e. The van der Waals surface area contributed by atoms with E-state index in [1.807, 2.05) is 25.1 Å². The molecule has 4 nitrogen and oxygen atoms in total. The van der Waals surface area contributed by atoms with E-state index in [4.69, 9.17) is 4.52 Å². The Hall–Kier alpha value is -2.60. The van der Waals surface area contributed by atoms with Gasteiger partial charge in [-0.15, -0.1) is 11.8 Å². The fourth-order valence-corrected chi connectivity index (χ4v) is 3.25. The molecular weight excluding hydrogens is 339 g/mol. The highest BCUT2D eigenvalue weighted by atomic mass is 32.2. The van der Waals surface area contributed by atoms with Crippen LogP contribution in [-0.2, 0) is 12.3 Å². The number of amides is 1. The van der Waals surface area contributed by atoms with Gasteiger partial charge in [0.05, 0.1) is 17.0 Å². The number of hydrogen-bond acceptors (Lipinski definition) is 4. The van der Waals surface area contributed by atoms with Gasteiger partial charge in [-0.05, 0) is 25.1 Å². The molecule has 0 fully saturated rings. The number of carbonyl (C=O) groups is 1. The fraction of sp³-hybridized carbons (Fsp3) is 0.158. The van der Waals surface area contributed by atoms with E-state index in [2.05, 4.69) is 10.5 Å². The van der Waals surface area contributed by atoms with Gasteiger partial charge in [0, 0.05) is 23.1 Å². The van der Waals surface area contributed by atoms with Gasteiger partial charge in [0.2, 0.25) is 0 Å². The number of halogens is 1. The van der Waals surface area contributed by atoms with Gasteiger partial charge >= 0.3 is 0 Å². The minimum Gasteiger partial charge on any atom is -0.360 e. The molecule has 3 rings (SSSR count). The number of benzene rings is 2. The molecule has 0 atom stereocenters. The van der Waals surface area contributed by atoms with Crippen LogP contribution in [-0.4, -0.2) is 11.1 Å². The van der Waals surface area contributed by atoms with E-state index in [1.54, 1.807) is 30.3 Å². The standard InChI is InChI=1S/C19H17FN2O2S/c1-13-10-15(24-22-13)12-25-18-9-5-3-7-16(18)19(23)21-11-14-6-2-4-8-17(14)20/h2-10H,11-12H2,1H3,(H,21,23). The van der Waals surface area contributed by atoms with E-state index in [-0.39, 0.29) is 18.3 Å². The lowest BCUT2D eigenvalue weighted by molar-refractivity contribution is 0.0947. The lowest BCUT2D eigenvalue weighted by Gasteiger charge is -2.10. The van der Waals surface area contributed by atoms with Gasteiger partial charge in [-0.1, -0.05) is 35.5 Å². The summed E-state index contributed by atoms with van der Waals surface area (Å²) in [6.45, 7) is 2.01. The normalized spacial score (nSPS) is 10.6. The zero-order chi connectivity index (χ0) is 17.6. The molecule has 128 valence electrons. The van der Waals surface area contributed by atoms with Crippen molar-refractivity contribution in [3.8, 4) is 0 Å². The van der Waals surface area contributed by atoms with Crippen molar-refractivity contribution in [2.24, 2.45) is 0 Å². The van der Waals surface area contributed by atoms with E-state index in [1.165, 1.54) is 17.8 Å². The second-order valence-corrected chi connectivity index (χ2v) is 6.51. The maximum atomic E-state index is 13.7. The van der Waals surface area contributed by atoms with Crippen molar-refractivity contribution < 1.29 is 13.7 Å². The summed E-state index contributed by atoms with van der Waals surface area (Å²) in [6.07, 6.45) is 0. The van der Waals surface area contributed by atoms with E-state index in [9.17, 15) is 9.18 Å². The van der Waals surface area contributed by atoms with Gasteiger partial charge in [-0.2, -0.15) is 0 Å². The number of hydrogen-bond donors (Lipinski definition) is 1. The Morgan fingerprint density at radius 3 is 2.72 bits per heavy atom. The predicted octanol–water partition coefficient (Wildman–Crippen LogP) is 4.34. The first-order chi connectivity index (χ1) is 12.1. The van der Waals surface area contributed by atoms with Gasteiger partial charge in [0.15, 0.2) is 0 Å². The second-order valence-electron chi connectivity index (χ2n) is 5.49. The van der Waals surface area contributed by atoms with Crippen molar-refractivity contribution in [1.29, 1.82) is 0 Å². The van der Waals surface area contributed by atoms with Crippen LogP contribution in [0.2, 0.25) is 0 Å². The minimum absolute atomic E-state index is 0.145. The molecule has 1 N–H and O–H groups in total. The number of nitrogens with zero attached hydrogens (tertiary/aromatic N) is 1. The van der Waals surface area contributed by atoms with Crippen LogP contribution in [0.15, 0.2) is 64.0 Å². The number of aromatic nitrogens is 1. The van der Waals surface area contributed by atoms with E-state index < -0.39 is 0 Å². The summed E-state index contributed by atoms with van der Waals surface area (Å²) in [4.78, 5) is 13.3. The number of nitrogens with one attached hydrogen (secondary N) is 1. The quantitative estimate of drug-likeness (QED) is 0.668. The van der Waals surface area contributed by atoms with Gasteiger partial charge in [0.25, 0.3) is 5.91 Å². The van der Waals surface area contributed by atoms with Crippen molar-refractivity contribution >= 4 is 17.7 Å². The Labute approximate surface area is 149 Å². The lowest BCUT2D eigenvalue weighted by atomic mass is 10.2. The summed E-state index contributed by atoms with van der Waals surface area (Å²) >= 11 is 1.50. The third kappa shape index (κ3) is 4.48. The molecule has 0 saturated heterocycles. The molecule has 6 heteroatoms. The summed E-state index contributed by atoms with van der Waals surface area (Å²) < 4.78 is 18.9. The molecule has 0 aliphatic carbocycles. The zero-order valence-corrected chi connectivity index (χ0v) is 14.5. The molecule has 25 heavy (non-hydrogen) atoms. The Balaban J connectivity index is 1.67. The van der Waals surface area contributed by atoms with Crippen LogP contribution in [0.4, 0.5) is 4.39 Å². The molecule has 0 saturated carbocycles. The first kappa shape index (κ1) is 17.2. The van der Waals surface area contributed by atoms with Crippen LogP contribution in [0.5, 0.6) is 0 Å². The Kier molecular flexibility index (Phi) is 5.50. The summed E-state index contributed by atoms with van der Waals surface area (Å²) in [7, 11) is 0. The molecule has 3 aromatic rings. The molecule has 0 spiro atoms. The smallest absolute Gasteiger partial charge is 0.252 e. The first-order valence-electron chi connectivity index (χ1n) is 7.79. The molecule has 1 heterocycles. The number of thioether (sulfide) groups is 1. The van der Waals surface area contributed by atoms with Gasteiger partial charge in [0.1, 0.15) is 11.6 Å². The van der Waals surface area contributed by atoms with Crippen molar-refractivity contribution in [2.45, 2.75) is 24.1 Å². The summed E-state index contributed by atoms with van der Waals surface area (Å²) in [6, 6.07) is 15.6. The van der Waals surface area contributed by atoms with Crippen molar-refractivity contribution in [3.05, 3.63) is 83.0 Å². The molecule has 0 unspecified atom stereocenters. The Bertz CT molecular complexity index is 879. The SMILES string of the molecule is Cc1cc(CSc2ccccc2C(=O)NCc2ccccc2F)on1. The monoisotopic (exact) mass is 356 g/mol. The largest absolute Gasteiger partial charge is 0.360 e. The first-order valence-corrected chi connectivity index (χ1v) is 8.77. The third-order valence-corrected chi connectivity index (χ3v) is 4.67. The summed E-state index contributed by atoms with van der Waals surface area (Å²) in [5, 5.41) is 6.63. The zero-order valence-electron chi connectivity index (χ0n) is 13.7. The molecule has 1 aromatic heterocycles. The molecule has 2 aromatic carbocycles. The van der Waals surface area contributed by atoms with Crippen LogP contribution in [0.3, 0.4) is 0 Å². The number of rotatable bonds is 6. The predicted molar refractivity (Wildman–Crippen MR) is 94.8 cm³/mol. The number of aryl methyl sites for hydroxylation is 1. The van der Waals surface area contributed by atoms with Crippen LogP contribution in [0, 0.1) is 12.7 Å². The van der Waals surface area contributed by atoms with E-state index in [0.29, 0.717) is 16.9 Å². The van der Waals surface area contributed by atoms with Crippen LogP contribution in [0.1, 0.15) is 27.4 Å². The highest BCUT2D eigenvalue weighted by Crippen LogP contribution is 2.26. The molecule has 0 radical (unpaired) electrons. The van der Waals surface area contributed by atoms with Gasteiger partial charge < -0.3 is 9.84 Å². The molecule has 0 aliphatic rings. The maximum absolute atomic E-state index is 13.7. The fourth-order valence-electron chi connectivity index (χ4n) is 2.33. The van der Waals surface area contributed by atoms with Crippen molar-refractivity contribution in [2.75, 3.05) is 0 Å².